The first-order chi connectivity index (χ1) is 10.7. The van der Waals surface area contributed by atoms with Crippen LogP contribution in [0, 0.1) is 17.6 Å². The summed E-state index contributed by atoms with van der Waals surface area (Å²) in [6.45, 7) is 3.97. The van der Waals surface area contributed by atoms with Gasteiger partial charge in [0.2, 0.25) is 5.82 Å². The van der Waals surface area contributed by atoms with E-state index in [0.717, 1.165) is 31.6 Å². The summed E-state index contributed by atoms with van der Waals surface area (Å²) in [5, 5.41) is 0. The maximum Gasteiger partial charge on any atom is 0.201 e. The van der Waals surface area contributed by atoms with Crippen LogP contribution < -0.4 is 4.74 Å². The lowest BCUT2D eigenvalue weighted by Gasteiger charge is -2.29. The van der Waals surface area contributed by atoms with Gasteiger partial charge in [-0.25, -0.2) is 4.39 Å². The summed E-state index contributed by atoms with van der Waals surface area (Å²) in [6.07, 6.45) is 10.9. The van der Waals surface area contributed by atoms with Crippen LogP contribution in [0.25, 0.3) is 0 Å². The van der Waals surface area contributed by atoms with Gasteiger partial charge in [0, 0.05) is 0 Å². The van der Waals surface area contributed by atoms with Gasteiger partial charge in [-0.1, -0.05) is 38.3 Å². The minimum Gasteiger partial charge on any atom is -0.462 e. The number of hydrogen-bond acceptors (Lipinski definition) is 1. The van der Waals surface area contributed by atoms with Crippen LogP contribution in [0.2, 0.25) is 0 Å². The van der Waals surface area contributed by atoms with Crippen molar-refractivity contribution < 1.29 is 13.5 Å². The fraction of sp³-hybridized carbons (Fsp3) is 0.579. The van der Waals surface area contributed by atoms with E-state index < -0.39 is 11.6 Å². The SMILES string of the molecule is C/C=C/Oc1ccc(C2CCC(CCCC)CC2)c(F)c1F. The van der Waals surface area contributed by atoms with Crippen LogP contribution in [0.5, 0.6) is 5.75 Å². The molecular weight excluding hydrogens is 282 g/mol. The molecule has 1 aromatic rings. The van der Waals surface area contributed by atoms with E-state index in [9.17, 15) is 8.78 Å². The molecule has 0 amide bonds. The quantitative estimate of drug-likeness (QED) is 0.557. The van der Waals surface area contributed by atoms with Crippen molar-refractivity contribution in [1.29, 1.82) is 0 Å². The second kappa shape index (κ2) is 8.30. The van der Waals surface area contributed by atoms with E-state index in [1.165, 1.54) is 31.6 Å². The maximum absolute atomic E-state index is 14.3. The first-order valence-corrected chi connectivity index (χ1v) is 8.43. The average molecular weight is 308 g/mol. The number of allylic oxidation sites excluding steroid dienone is 1. The van der Waals surface area contributed by atoms with Gasteiger partial charge in [-0.3, -0.25) is 0 Å². The molecule has 0 spiro atoms. The molecule has 122 valence electrons. The Bertz CT molecular complexity index is 502. The minimum absolute atomic E-state index is 0.0454. The normalized spacial score (nSPS) is 22.2. The summed E-state index contributed by atoms with van der Waals surface area (Å²) in [5.41, 5.74) is 0.513. The van der Waals surface area contributed by atoms with Gasteiger partial charge in [0.25, 0.3) is 0 Å². The highest BCUT2D eigenvalue weighted by Crippen LogP contribution is 2.39. The zero-order valence-corrected chi connectivity index (χ0v) is 13.6. The molecule has 2 rings (SSSR count). The van der Waals surface area contributed by atoms with E-state index >= 15 is 0 Å². The zero-order valence-electron chi connectivity index (χ0n) is 13.6. The molecule has 0 unspecified atom stereocenters. The first kappa shape index (κ1) is 17.0. The van der Waals surface area contributed by atoms with Crippen LogP contribution in [0.15, 0.2) is 24.5 Å². The third-order valence-corrected chi connectivity index (χ3v) is 4.66. The van der Waals surface area contributed by atoms with Crippen molar-refractivity contribution in [2.75, 3.05) is 0 Å². The third-order valence-electron chi connectivity index (χ3n) is 4.66. The van der Waals surface area contributed by atoms with E-state index in [1.54, 1.807) is 19.1 Å². The number of benzene rings is 1. The first-order valence-electron chi connectivity index (χ1n) is 8.43. The molecule has 1 saturated carbocycles. The molecule has 1 aliphatic carbocycles. The Kier molecular flexibility index (Phi) is 6.41. The summed E-state index contributed by atoms with van der Waals surface area (Å²) in [7, 11) is 0. The summed E-state index contributed by atoms with van der Waals surface area (Å²) in [6, 6.07) is 3.23. The Morgan fingerprint density at radius 3 is 2.50 bits per heavy atom. The summed E-state index contributed by atoms with van der Waals surface area (Å²) in [5.74, 6) is -0.747. The Hall–Kier alpha value is -1.38. The van der Waals surface area contributed by atoms with E-state index in [4.69, 9.17) is 4.74 Å². The molecule has 0 heterocycles. The van der Waals surface area contributed by atoms with Crippen LogP contribution in [0.1, 0.15) is 70.3 Å². The van der Waals surface area contributed by atoms with Crippen LogP contribution in [0.3, 0.4) is 0 Å². The van der Waals surface area contributed by atoms with Crippen molar-refractivity contribution in [1.82, 2.24) is 0 Å². The smallest absolute Gasteiger partial charge is 0.201 e. The fourth-order valence-corrected chi connectivity index (χ4v) is 3.35. The van der Waals surface area contributed by atoms with Crippen molar-refractivity contribution in [3.05, 3.63) is 41.7 Å². The largest absolute Gasteiger partial charge is 0.462 e. The van der Waals surface area contributed by atoms with Gasteiger partial charge in [-0.05, 0) is 56.1 Å². The van der Waals surface area contributed by atoms with E-state index in [1.807, 2.05) is 0 Å². The standard InChI is InChI=1S/C19H26F2O/c1-3-5-6-14-7-9-15(10-8-14)16-11-12-17(22-13-4-2)19(21)18(16)20/h4,11-15H,3,5-10H2,1-2H3/b13-4+. The molecule has 0 aromatic heterocycles. The van der Waals surface area contributed by atoms with Crippen LogP contribution in [0.4, 0.5) is 8.78 Å². The molecule has 1 fully saturated rings. The monoisotopic (exact) mass is 308 g/mol. The number of unbranched alkanes of at least 4 members (excludes halogenated alkanes) is 1. The lowest BCUT2D eigenvalue weighted by molar-refractivity contribution is 0.298. The molecule has 1 aliphatic rings. The van der Waals surface area contributed by atoms with E-state index in [-0.39, 0.29) is 11.7 Å². The highest BCUT2D eigenvalue weighted by atomic mass is 19.2. The summed E-state index contributed by atoms with van der Waals surface area (Å²) >= 11 is 0. The molecule has 22 heavy (non-hydrogen) atoms. The molecule has 1 aromatic carbocycles. The summed E-state index contributed by atoms with van der Waals surface area (Å²) < 4.78 is 33.4. The number of halogens is 2. The van der Waals surface area contributed by atoms with Crippen molar-refractivity contribution in [2.24, 2.45) is 5.92 Å². The minimum atomic E-state index is -0.872. The van der Waals surface area contributed by atoms with Gasteiger partial charge >= 0.3 is 0 Å². The van der Waals surface area contributed by atoms with Crippen LogP contribution in [-0.4, -0.2) is 0 Å². The van der Waals surface area contributed by atoms with Gasteiger partial charge in [0.15, 0.2) is 11.6 Å². The van der Waals surface area contributed by atoms with Gasteiger partial charge in [0.1, 0.15) is 0 Å². The highest BCUT2D eigenvalue weighted by Gasteiger charge is 2.26. The maximum atomic E-state index is 14.3. The molecule has 0 atom stereocenters. The Balaban J connectivity index is 2.03. The predicted molar refractivity (Wildman–Crippen MR) is 86.0 cm³/mol. The van der Waals surface area contributed by atoms with Crippen LogP contribution in [-0.2, 0) is 0 Å². The molecule has 0 N–H and O–H groups in total. The molecular formula is C19H26F2O. The van der Waals surface area contributed by atoms with Crippen LogP contribution >= 0.6 is 0 Å². The van der Waals surface area contributed by atoms with Gasteiger partial charge in [-0.2, -0.15) is 4.39 Å². The van der Waals surface area contributed by atoms with Crippen molar-refractivity contribution >= 4 is 0 Å². The van der Waals surface area contributed by atoms with E-state index in [0.29, 0.717) is 5.56 Å². The molecule has 0 aliphatic heterocycles. The molecule has 1 nitrogen and oxygen atoms in total. The van der Waals surface area contributed by atoms with Gasteiger partial charge < -0.3 is 4.74 Å². The van der Waals surface area contributed by atoms with Crippen molar-refractivity contribution in [2.45, 2.75) is 64.7 Å². The molecule has 0 bridgehead atoms. The second-order valence-electron chi connectivity index (χ2n) is 6.23. The van der Waals surface area contributed by atoms with Crippen molar-refractivity contribution in [3.63, 3.8) is 0 Å². The van der Waals surface area contributed by atoms with E-state index in [2.05, 4.69) is 6.92 Å². The number of ether oxygens (including phenoxy) is 1. The Morgan fingerprint density at radius 2 is 1.86 bits per heavy atom. The topological polar surface area (TPSA) is 9.23 Å². The molecule has 0 saturated heterocycles. The lowest BCUT2D eigenvalue weighted by Crippen LogP contribution is -2.15. The fourth-order valence-electron chi connectivity index (χ4n) is 3.35. The second-order valence-corrected chi connectivity index (χ2v) is 6.23. The summed E-state index contributed by atoms with van der Waals surface area (Å²) in [4.78, 5) is 0. The Labute approximate surface area is 132 Å². The molecule has 0 radical (unpaired) electrons. The average Bonchev–Trinajstić information content (AvgIpc) is 2.55. The van der Waals surface area contributed by atoms with Gasteiger partial charge in [-0.15, -0.1) is 0 Å². The lowest BCUT2D eigenvalue weighted by atomic mass is 9.77. The van der Waals surface area contributed by atoms with Crippen molar-refractivity contribution in [3.8, 4) is 5.75 Å². The number of hydrogen-bond donors (Lipinski definition) is 0. The zero-order chi connectivity index (χ0) is 15.9. The highest BCUT2D eigenvalue weighted by molar-refractivity contribution is 5.33. The van der Waals surface area contributed by atoms with Gasteiger partial charge in [0.05, 0.1) is 6.26 Å². The Morgan fingerprint density at radius 1 is 1.14 bits per heavy atom. The third kappa shape index (κ3) is 4.08. The number of rotatable bonds is 6. The predicted octanol–water partition coefficient (Wildman–Crippen LogP) is 6.34. The molecule has 3 heteroatoms.